The van der Waals surface area contributed by atoms with Gasteiger partial charge in [-0.1, -0.05) is 0 Å². The van der Waals surface area contributed by atoms with Crippen LogP contribution in [0.3, 0.4) is 0 Å². The number of aromatic amines is 1. The Kier molecular flexibility index (Phi) is 1.86. The van der Waals surface area contributed by atoms with Gasteiger partial charge in [-0.15, -0.1) is 0 Å². The molecule has 62 valence electrons. The summed E-state index contributed by atoms with van der Waals surface area (Å²) in [5.41, 5.74) is -0.350. The van der Waals surface area contributed by atoms with Crippen molar-refractivity contribution in [2.24, 2.45) is 0 Å². The number of hydrogen-bond acceptors (Lipinski definition) is 2. The molecule has 6 heteroatoms. The quantitative estimate of drug-likeness (QED) is 0.653. The molecule has 2 N–H and O–H groups in total. The second kappa shape index (κ2) is 2.54. The highest BCUT2D eigenvalue weighted by Crippen LogP contribution is 2.30. The van der Waals surface area contributed by atoms with Crippen molar-refractivity contribution in [1.29, 1.82) is 0 Å². The number of nitrogens with one attached hydrogen (secondary N) is 1. The number of hydrogen-bond donors (Lipinski definition) is 2. The number of aromatic nitrogens is 2. The lowest BCUT2D eigenvalue weighted by Gasteiger charge is -2.11. The first-order valence-electron chi connectivity index (χ1n) is 2.76. The molecule has 1 rings (SSSR count). The minimum Gasteiger partial charge on any atom is -0.378 e. The number of halogens is 3. The maximum absolute atomic E-state index is 11.7. The second-order valence-electron chi connectivity index (χ2n) is 1.96. The second-order valence-corrected chi connectivity index (χ2v) is 1.96. The molecule has 0 spiro atoms. The molecule has 1 heterocycles. The summed E-state index contributed by atoms with van der Waals surface area (Å²) in [6.45, 7) is 0. The van der Waals surface area contributed by atoms with Gasteiger partial charge in [0.2, 0.25) is 0 Å². The number of alkyl halides is 3. The van der Waals surface area contributed by atoms with E-state index in [1.807, 2.05) is 5.10 Å². The molecule has 1 atom stereocenters. The van der Waals surface area contributed by atoms with Crippen molar-refractivity contribution in [3.05, 3.63) is 18.0 Å². The first kappa shape index (κ1) is 8.06. The van der Waals surface area contributed by atoms with Crippen LogP contribution in [-0.2, 0) is 0 Å². The molecule has 1 unspecified atom stereocenters. The van der Waals surface area contributed by atoms with Crippen LogP contribution in [0.15, 0.2) is 12.3 Å². The molecular formula is C5H5F3N2O. The normalized spacial score (nSPS) is 14.9. The van der Waals surface area contributed by atoms with Gasteiger partial charge < -0.3 is 5.11 Å². The molecule has 3 nitrogen and oxygen atoms in total. The lowest BCUT2D eigenvalue weighted by atomic mass is 10.2. The van der Waals surface area contributed by atoms with Gasteiger partial charge in [-0.05, 0) is 6.07 Å². The van der Waals surface area contributed by atoms with E-state index in [0.29, 0.717) is 0 Å². The molecular weight excluding hydrogens is 161 g/mol. The topological polar surface area (TPSA) is 48.9 Å². The van der Waals surface area contributed by atoms with Gasteiger partial charge in [0.25, 0.3) is 0 Å². The molecule has 0 amide bonds. The Bertz CT molecular complexity index is 218. The Labute approximate surface area is 59.8 Å². The van der Waals surface area contributed by atoms with Crippen molar-refractivity contribution in [2.45, 2.75) is 12.3 Å². The van der Waals surface area contributed by atoms with E-state index < -0.39 is 12.3 Å². The molecule has 0 aliphatic rings. The van der Waals surface area contributed by atoms with Crippen molar-refractivity contribution >= 4 is 0 Å². The van der Waals surface area contributed by atoms with E-state index in [-0.39, 0.29) is 5.69 Å². The number of rotatable bonds is 1. The number of aliphatic hydroxyl groups is 1. The maximum Gasteiger partial charge on any atom is 0.420 e. The van der Waals surface area contributed by atoms with Crippen molar-refractivity contribution < 1.29 is 18.3 Å². The van der Waals surface area contributed by atoms with Gasteiger partial charge in [-0.2, -0.15) is 18.3 Å². The minimum absolute atomic E-state index is 0.350. The Morgan fingerprint density at radius 1 is 1.55 bits per heavy atom. The molecule has 1 aromatic rings. The van der Waals surface area contributed by atoms with Gasteiger partial charge >= 0.3 is 6.18 Å². The van der Waals surface area contributed by atoms with Crippen molar-refractivity contribution in [3.8, 4) is 0 Å². The fraction of sp³-hybridized carbons (Fsp3) is 0.400. The van der Waals surface area contributed by atoms with Gasteiger partial charge in [0.05, 0.1) is 5.69 Å². The third-order valence-electron chi connectivity index (χ3n) is 1.13. The predicted octanol–water partition coefficient (Wildman–Crippen LogP) is 1.01. The zero-order chi connectivity index (χ0) is 8.48. The van der Waals surface area contributed by atoms with Gasteiger partial charge in [0, 0.05) is 6.20 Å². The molecule has 0 fully saturated rings. The lowest BCUT2D eigenvalue weighted by Crippen LogP contribution is -2.20. The molecule has 1 aromatic heterocycles. The minimum atomic E-state index is -4.63. The molecule has 11 heavy (non-hydrogen) atoms. The van der Waals surface area contributed by atoms with Crippen LogP contribution >= 0.6 is 0 Å². The smallest absolute Gasteiger partial charge is 0.378 e. The number of H-pyrrole nitrogens is 1. The molecule has 0 bridgehead atoms. The van der Waals surface area contributed by atoms with E-state index in [4.69, 9.17) is 5.11 Å². The third kappa shape index (κ3) is 1.70. The van der Waals surface area contributed by atoms with Crippen LogP contribution in [-0.4, -0.2) is 21.5 Å². The molecule has 0 aliphatic heterocycles. The third-order valence-corrected chi connectivity index (χ3v) is 1.13. The zero-order valence-electron chi connectivity index (χ0n) is 5.26. The van der Waals surface area contributed by atoms with Crippen molar-refractivity contribution in [2.75, 3.05) is 0 Å². The lowest BCUT2D eigenvalue weighted by molar-refractivity contribution is -0.207. The summed E-state index contributed by atoms with van der Waals surface area (Å²) in [6, 6.07) is 1.07. The zero-order valence-corrected chi connectivity index (χ0v) is 5.26. The van der Waals surface area contributed by atoms with Crippen LogP contribution in [0.5, 0.6) is 0 Å². The summed E-state index contributed by atoms with van der Waals surface area (Å²) in [7, 11) is 0. The molecule has 0 saturated heterocycles. The van der Waals surface area contributed by atoms with Crippen LogP contribution in [0.2, 0.25) is 0 Å². The van der Waals surface area contributed by atoms with Gasteiger partial charge in [0.15, 0.2) is 6.10 Å². The van der Waals surface area contributed by atoms with Crippen LogP contribution in [0.4, 0.5) is 13.2 Å². The van der Waals surface area contributed by atoms with E-state index >= 15 is 0 Å². The SMILES string of the molecule is OC(c1ccn[nH]1)C(F)(F)F. The average Bonchev–Trinajstić information content (AvgIpc) is 2.34. The van der Waals surface area contributed by atoms with Crippen LogP contribution in [0.25, 0.3) is 0 Å². The Balaban J connectivity index is 2.78. The Morgan fingerprint density at radius 3 is 2.55 bits per heavy atom. The highest BCUT2D eigenvalue weighted by Gasteiger charge is 2.40. The largest absolute Gasteiger partial charge is 0.420 e. The van der Waals surface area contributed by atoms with E-state index in [9.17, 15) is 13.2 Å². The molecule has 0 aromatic carbocycles. The molecule has 0 aliphatic carbocycles. The van der Waals surface area contributed by atoms with Crippen LogP contribution in [0.1, 0.15) is 11.8 Å². The van der Waals surface area contributed by atoms with Gasteiger partial charge in [-0.25, -0.2) is 0 Å². The highest BCUT2D eigenvalue weighted by molar-refractivity contribution is 5.03. The van der Waals surface area contributed by atoms with E-state index in [1.165, 1.54) is 0 Å². The number of aliphatic hydroxyl groups excluding tert-OH is 1. The van der Waals surface area contributed by atoms with Gasteiger partial charge in [0.1, 0.15) is 0 Å². The summed E-state index contributed by atoms with van der Waals surface area (Å²) in [6.07, 6.45) is -5.96. The summed E-state index contributed by atoms with van der Waals surface area (Å²) < 4.78 is 35.1. The van der Waals surface area contributed by atoms with Crippen LogP contribution < -0.4 is 0 Å². The highest BCUT2D eigenvalue weighted by atomic mass is 19.4. The monoisotopic (exact) mass is 166 g/mol. The standard InChI is InChI=1S/C5H5F3N2O/c6-5(7,8)4(11)3-1-2-9-10-3/h1-2,4,11H,(H,9,10). The summed E-state index contributed by atoms with van der Waals surface area (Å²) in [5, 5.41) is 13.8. The predicted molar refractivity (Wildman–Crippen MR) is 29.6 cm³/mol. The van der Waals surface area contributed by atoms with Crippen molar-refractivity contribution in [1.82, 2.24) is 10.2 Å². The Hall–Kier alpha value is -1.04. The first-order valence-corrected chi connectivity index (χ1v) is 2.76. The molecule has 0 saturated carbocycles. The van der Waals surface area contributed by atoms with E-state index in [2.05, 4.69) is 5.10 Å². The summed E-state index contributed by atoms with van der Waals surface area (Å²) in [4.78, 5) is 0. The van der Waals surface area contributed by atoms with E-state index in [1.54, 1.807) is 0 Å². The summed E-state index contributed by atoms with van der Waals surface area (Å²) >= 11 is 0. The fourth-order valence-electron chi connectivity index (χ4n) is 0.595. The van der Waals surface area contributed by atoms with Gasteiger partial charge in [-0.3, -0.25) is 5.10 Å². The fourth-order valence-corrected chi connectivity index (χ4v) is 0.595. The molecule has 0 radical (unpaired) electrons. The first-order chi connectivity index (χ1) is 5.02. The Morgan fingerprint density at radius 2 is 2.18 bits per heavy atom. The maximum atomic E-state index is 11.7. The summed E-state index contributed by atoms with van der Waals surface area (Å²) in [5.74, 6) is 0. The van der Waals surface area contributed by atoms with E-state index in [0.717, 1.165) is 12.3 Å². The number of nitrogens with zero attached hydrogens (tertiary/aromatic N) is 1. The van der Waals surface area contributed by atoms with Crippen LogP contribution in [0, 0.1) is 0 Å². The van der Waals surface area contributed by atoms with Crippen molar-refractivity contribution in [3.63, 3.8) is 0 Å². The average molecular weight is 166 g/mol.